The number of allylic oxidation sites excluding steroid dienone is 1. The summed E-state index contributed by atoms with van der Waals surface area (Å²) in [4.78, 5) is 0. The molecule has 3 atom stereocenters. The van der Waals surface area contributed by atoms with Crippen molar-refractivity contribution < 1.29 is 9.47 Å². The Balaban J connectivity index is 1.84. The Bertz CT molecular complexity index is 601. The van der Waals surface area contributed by atoms with Crippen LogP contribution in [0, 0.1) is 17.8 Å². The van der Waals surface area contributed by atoms with E-state index in [0.717, 1.165) is 50.1 Å². The van der Waals surface area contributed by atoms with Crippen LogP contribution in [0.15, 0.2) is 18.7 Å². The molecule has 1 aromatic heterocycles. The number of aryl methyl sites for hydroxylation is 1. The van der Waals surface area contributed by atoms with Gasteiger partial charge in [0.1, 0.15) is 11.8 Å². The maximum absolute atomic E-state index is 6.46. The van der Waals surface area contributed by atoms with Crippen molar-refractivity contribution in [1.29, 1.82) is 0 Å². The summed E-state index contributed by atoms with van der Waals surface area (Å²) in [5.74, 6) is 2.15. The van der Waals surface area contributed by atoms with E-state index in [0.29, 0.717) is 0 Å². The highest BCUT2D eigenvalue weighted by Crippen LogP contribution is 2.59. The Morgan fingerprint density at radius 3 is 3.09 bits per heavy atom. The van der Waals surface area contributed by atoms with Crippen LogP contribution in [0.2, 0.25) is 0 Å². The summed E-state index contributed by atoms with van der Waals surface area (Å²) in [6, 6.07) is 1.92. The highest BCUT2D eigenvalue weighted by Gasteiger charge is 2.60. The lowest BCUT2D eigenvalue weighted by atomic mass is 9.77. The summed E-state index contributed by atoms with van der Waals surface area (Å²) in [6.07, 6.45) is 12.6. The van der Waals surface area contributed by atoms with Gasteiger partial charge in [-0.05, 0) is 38.7 Å². The van der Waals surface area contributed by atoms with Gasteiger partial charge in [0.25, 0.3) is 0 Å². The summed E-state index contributed by atoms with van der Waals surface area (Å²) in [7, 11) is 1.85. The number of hydrogen-bond donors (Lipinski definition) is 0. The molecule has 0 aromatic carbocycles. The van der Waals surface area contributed by atoms with Crippen LogP contribution in [0.4, 0.5) is 0 Å². The smallest absolute Gasteiger partial charge is 0.175 e. The average molecular weight is 300 g/mol. The fourth-order valence-electron chi connectivity index (χ4n) is 4.09. The van der Waals surface area contributed by atoms with Crippen molar-refractivity contribution >= 4 is 0 Å². The molecule has 4 nitrogen and oxygen atoms in total. The van der Waals surface area contributed by atoms with Crippen molar-refractivity contribution in [2.24, 2.45) is 12.5 Å². The molecule has 1 saturated heterocycles. The predicted octanol–water partition coefficient (Wildman–Crippen LogP) is 3.34. The van der Waals surface area contributed by atoms with E-state index in [9.17, 15) is 0 Å². The number of fused-ring (bicyclic) bond motifs is 1. The Labute approximate surface area is 132 Å². The minimum Gasteiger partial charge on any atom is -0.349 e. The van der Waals surface area contributed by atoms with Crippen molar-refractivity contribution in [2.75, 3.05) is 6.61 Å². The van der Waals surface area contributed by atoms with E-state index in [1.807, 2.05) is 26.1 Å². The molecule has 0 N–H and O–H groups in total. The molecule has 2 heterocycles. The van der Waals surface area contributed by atoms with E-state index in [1.165, 1.54) is 0 Å². The van der Waals surface area contributed by atoms with Gasteiger partial charge in [0.2, 0.25) is 0 Å². The zero-order valence-corrected chi connectivity index (χ0v) is 13.5. The van der Waals surface area contributed by atoms with Crippen molar-refractivity contribution in [3.63, 3.8) is 0 Å². The fourth-order valence-corrected chi connectivity index (χ4v) is 4.09. The van der Waals surface area contributed by atoms with Crippen LogP contribution in [0.5, 0.6) is 0 Å². The molecule has 0 bridgehead atoms. The molecule has 22 heavy (non-hydrogen) atoms. The van der Waals surface area contributed by atoms with Crippen molar-refractivity contribution in [3.05, 3.63) is 30.1 Å². The quantitative estimate of drug-likeness (QED) is 0.618. The van der Waals surface area contributed by atoms with Gasteiger partial charge in [0.05, 0.1) is 12.3 Å². The van der Waals surface area contributed by atoms with Crippen LogP contribution in [0.1, 0.15) is 56.5 Å². The van der Waals surface area contributed by atoms with E-state index in [4.69, 9.17) is 15.9 Å². The van der Waals surface area contributed by atoms with E-state index < -0.39 is 5.79 Å². The molecule has 2 aliphatic rings. The normalized spacial score (nSPS) is 31.7. The Morgan fingerprint density at radius 1 is 1.59 bits per heavy atom. The highest BCUT2D eigenvalue weighted by atomic mass is 16.7. The minimum atomic E-state index is -0.492. The maximum atomic E-state index is 6.46. The SMILES string of the molecule is C#Cc1cc(C(C)O[C@]23CCC[C@@]2(CC=C)CCO3)nn1C. The van der Waals surface area contributed by atoms with Gasteiger partial charge in [0, 0.05) is 18.9 Å². The molecule has 0 spiro atoms. The number of rotatable bonds is 5. The second kappa shape index (κ2) is 5.57. The van der Waals surface area contributed by atoms with Crippen LogP contribution in [-0.2, 0) is 16.5 Å². The van der Waals surface area contributed by atoms with Crippen LogP contribution in [-0.4, -0.2) is 22.2 Å². The van der Waals surface area contributed by atoms with Crippen LogP contribution < -0.4 is 0 Å². The van der Waals surface area contributed by atoms with Gasteiger partial charge < -0.3 is 9.47 Å². The summed E-state index contributed by atoms with van der Waals surface area (Å²) >= 11 is 0. The largest absolute Gasteiger partial charge is 0.349 e. The summed E-state index contributed by atoms with van der Waals surface area (Å²) < 4.78 is 14.3. The number of hydrogen-bond acceptors (Lipinski definition) is 3. The van der Waals surface area contributed by atoms with Crippen LogP contribution in [0.3, 0.4) is 0 Å². The van der Waals surface area contributed by atoms with Crippen molar-refractivity contribution in [2.45, 2.75) is 50.9 Å². The molecule has 1 aliphatic heterocycles. The molecule has 4 heteroatoms. The van der Waals surface area contributed by atoms with Gasteiger partial charge in [-0.2, -0.15) is 5.10 Å². The lowest BCUT2D eigenvalue weighted by Crippen LogP contribution is -2.43. The molecule has 0 amide bonds. The molecule has 2 fully saturated rings. The molecule has 1 unspecified atom stereocenters. The molecule has 1 saturated carbocycles. The summed E-state index contributed by atoms with van der Waals surface area (Å²) in [6.45, 7) is 6.71. The van der Waals surface area contributed by atoms with Crippen LogP contribution >= 0.6 is 0 Å². The standard InChI is InChI=1S/C18H24N2O2/c1-5-8-17-9-7-10-18(17,21-12-11-17)22-14(3)16-13-15(6-2)20(4)19-16/h2,5,13-14H,1,7-12H2,3-4H3/t14?,17-,18+/m0/s1. The molecule has 1 aliphatic carbocycles. The first-order valence-corrected chi connectivity index (χ1v) is 7.99. The monoisotopic (exact) mass is 300 g/mol. The highest BCUT2D eigenvalue weighted by molar-refractivity contribution is 5.27. The molecular weight excluding hydrogens is 276 g/mol. The first kappa shape index (κ1) is 15.3. The first-order valence-electron chi connectivity index (χ1n) is 7.99. The Morgan fingerprint density at radius 2 is 2.41 bits per heavy atom. The molecule has 1 aromatic rings. The molecule has 0 radical (unpaired) electrons. The zero-order valence-electron chi connectivity index (χ0n) is 13.5. The first-order chi connectivity index (χ1) is 10.6. The van der Waals surface area contributed by atoms with Gasteiger partial charge in [0.15, 0.2) is 5.79 Å². The van der Waals surface area contributed by atoms with E-state index in [-0.39, 0.29) is 11.5 Å². The number of nitrogens with zero attached hydrogens (tertiary/aromatic N) is 2. The van der Waals surface area contributed by atoms with Gasteiger partial charge in [-0.15, -0.1) is 13.0 Å². The third-order valence-electron chi connectivity index (χ3n) is 5.25. The second-order valence-corrected chi connectivity index (χ2v) is 6.46. The third kappa shape index (κ3) is 2.20. The predicted molar refractivity (Wildman–Crippen MR) is 85.0 cm³/mol. The van der Waals surface area contributed by atoms with E-state index in [1.54, 1.807) is 4.68 Å². The fraction of sp³-hybridized carbons (Fsp3) is 0.611. The van der Waals surface area contributed by atoms with Crippen molar-refractivity contribution in [1.82, 2.24) is 9.78 Å². The van der Waals surface area contributed by atoms with Gasteiger partial charge >= 0.3 is 0 Å². The van der Waals surface area contributed by atoms with Crippen LogP contribution in [0.25, 0.3) is 0 Å². The van der Waals surface area contributed by atoms with Crippen molar-refractivity contribution in [3.8, 4) is 12.3 Å². The number of ether oxygens (including phenoxy) is 2. The maximum Gasteiger partial charge on any atom is 0.175 e. The van der Waals surface area contributed by atoms with Gasteiger partial charge in [-0.25, -0.2) is 0 Å². The van der Waals surface area contributed by atoms with E-state index in [2.05, 4.69) is 17.6 Å². The Hall–Kier alpha value is -1.57. The molecular formula is C18H24N2O2. The summed E-state index contributed by atoms with van der Waals surface area (Å²) in [5, 5.41) is 4.48. The minimum absolute atomic E-state index is 0.0761. The van der Waals surface area contributed by atoms with Gasteiger partial charge in [-0.1, -0.05) is 12.0 Å². The molecule has 118 valence electrons. The van der Waals surface area contributed by atoms with Gasteiger partial charge in [-0.3, -0.25) is 4.68 Å². The zero-order chi connectivity index (χ0) is 15.8. The lowest BCUT2D eigenvalue weighted by molar-refractivity contribution is -0.268. The topological polar surface area (TPSA) is 36.3 Å². The molecule has 3 rings (SSSR count). The average Bonchev–Trinajstić information content (AvgIpc) is 3.10. The second-order valence-electron chi connectivity index (χ2n) is 6.46. The summed E-state index contributed by atoms with van der Waals surface area (Å²) in [5.41, 5.74) is 1.70. The third-order valence-corrected chi connectivity index (χ3v) is 5.25. The lowest BCUT2D eigenvalue weighted by Gasteiger charge is -2.40. The number of aromatic nitrogens is 2. The Kier molecular flexibility index (Phi) is 3.88. The number of terminal acetylenes is 1. The van der Waals surface area contributed by atoms with E-state index >= 15 is 0 Å².